The van der Waals surface area contributed by atoms with Gasteiger partial charge in [-0.05, 0) is 31.0 Å². The second-order valence-electron chi connectivity index (χ2n) is 6.68. The number of benzene rings is 1. The Bertz CT molecular complexity index is 963. The van der Waals surface area contributed by atoms with Gasteiger partial charge in [0, 0.05) is 5.92 Å². The molecule has 28 heavy (non-hydrogen) atoms. The van der Waals surface area contributed by atoms with Crippen LogP contribution >= 0.6 is 0 Å². The first-order valence-electron chi connectivity index (χ1n) is 8.63. The van der Waals surface area contributed by atoms with Crippen molar-refractivity contribution in [1.82, 2.24) is 20.3 Å². The summed E-state index contributed by atoms with van der Waals surface area (Å²) in [5.74, 6) is -0.0366. The number of hydrogen-bond donors (Lipinski definition) is 0. The molecule has 3 aromatic rings. The molecule has 0 unspecified atom stereocenters. The van der Waals surface area contributed by atoms with Crippen molar-refractivity contribution < 1.29 is 27.0 Å². The zero-order valence-corrected chi connectivity index (χ0v) is 15.8. The molecule has 0 aliphatic heterocycles. The smallest absolute Gasteiger partial charge is 0.471 e. The minimum atomic E-state index is -4.71. The summed E-state index contributed by atoms with van der Waals surface area (Å²) in [6.07, 6.45) is -4.36. The first-order valence-corrected chi connectivity index (χ1v) is 8.63. The van der Waals surface area contributed by atoms with E-state index in [0.717, 1.165) is 11.1 Å². The maximum absolute atomic E-state index is 12.8. The predicted molar refractivity (Wildman–Crippen MR) is 91.8 cm³/mol. The third-order valence-electron chi connectivity index (χ3n) is 3.89. The number of nitrogens with zero attached hydrogens (tertiary/aromatic N) is 4. The summed E-state index contributed by atoms with van der Waals surface area (Å²) in [4.78, 5) is 7.73. The van der Waals surface area contributed by atoms with E-state index in [2.05, 4.69) is 24.8 Å². The molecule has 0 bridgehead atoms. The van der Waals surface area contributed by atoms with Crippen LogP contribution in [-0.4, -0.2) is 26.9 Å². The van der Waals surface area contributed by atoms with Crippen molar-refractivity contribution in [3.63, 3.8) is 0 Å². The van der Waals surface area contributed by atoms with Gasteiger partial charge < -0.3 is 13.8 Å². The molecular weight excluding hydrogens is 377 g/mol. The van der Waals surface area contributed by atoms with Crippen molar-refractivity contribution in [2.75, 3.05) is 6.61 Å². The van der Waals surface area contributed by atoms with Gasteiger partial charge in [0.05, 0.1) is 18.6 Å². The lowest BCUT2D eigenvalue weighted by Gasteiger charge is -2.13. The van der Waals surface area contributed by atoms with Crippen LogP contribution in [0, 0.1) is 13.8 Å². The number of aryl methyl sites for hydroxylation is 2. The number of alkyl halides is 3. The fourth-order valence-electron chi connectivity index (χ4n) is 2.60. The van der Waals surface area contributed by atoms with Crippen molar-refractivity contribution in [1.29, 1.82) is 0 Å². The summed E-state index contributed by atoms with van der Waals surface area (Å²) in [5.41, 5.74) is 1.89. The fraction of sp³-hybridized carbons (Fsp3) is 0.444. The molecule has 0 atom stereocenters. The number of hydrogen-bond acceptors (Lipinski definition) is 7. The fourth-order valence-corrected chi connectivity index (χ4v) is 2.60. The quantitative estimate of drug-likeness (QED) is 0.606. The SMILES string of the molecule is Cc1cc(C)c(OCCc2nc(C(C)C)no2)c(-c2noc(C(F)(F)F)n2)c1. The maximum atomic E-state index is 12.8. The summed E-state index contributed by atoms with van der Waals surface area (Å²) in [7, 11) is 0. The summed E-state index contributed by atoms with van der Waals surface area (Å²) in [6.45, 7) is 7.71. The minimum absolute atomic E-state index is 0.144. The first-order chi connectivity index (χ1) is 13.1. The number of ether oxygens (including phenoxy) is 1. The second kappa shape index (κ2) is 7.61. The van der Waals surface area contributed by atoms with E-state index in [0.29, 0.717) is 29.4 Å². The van der Waals surface area contributed by atoms with Gasteiger partial charge >= 0.3 is 12.1 Å². The van der Waals surface area contributed by atoms with E-state index >= 15 is 0 Å². The van der Waals surface area contributed by atoms with E-state index < -0.39 is 12.1 Å². The maximum Gasteiger partial charge on any atom is 0.471 e. The molecule has 7 nitrogen and oxygen atoms in total. The lowest BCUT2D eigenvalue weighted by molar-refractivity contribution is -0.159. The molecule has 0 aliphatic rings. The van der Waals surface area contributed by atoms with E-state index in [1.807, 2.05) is 26.8 Å². The Morgan fingerprint density at radius 2 is 1.82 bits per heavy atom. The van der Waals surface area contributed by atoms with Crippen molar-refractivity contribution >= 4 is 0 Å². The number of halogens is 3. The van der Waals surface area contributed by atoms with Crippen LogP contribution in [0.2, 0.25) is 0 Å². The molecule has 0 spiro atoms. The average Bonchev–Trinajstić information content (AvgIpc) is 3.25. The molecule has 3 rings (SSSR count). The van der Waals surface area contributed by atoms with Gasteiger partial charge in [-0.15, -0.1) is 0 Å². The van der Waals surface area contributed by atoms with Gasteiger partial charge in [-0.1, -0.05) is 30.2 Å². The van der Waals surface area contributed by atoms with Crippen molar-refractivity contribution in [3.8, 4) is 17.1 Å². The summed E-state index contributed by atoms with van der Waals surface area (Å²) in [5, 5.41) is 7.34. The first kappa shape index (κ1) is 19.8. The number of aromatic nitrogens is 4. The molecular formula is C18H19F3N4O3. The minimum Gasteiger partial charge on any atom is -0.492 e. The van der Waals surface area contributed by atoms with Gasteiger partial charge in [0.1, 0.15) is 5.75 Å². The van der Waals surface area contributed by atoms with E-state index in [-0.39, 0.29) is 18.3 Å². The molecule has 2 heterocycles. The van der Waals surface area contributed by atoms with Crippen LogP contribution in [0.25, 0.3) is 11.4 Å². The average molecular weight is 396 g/mol. The molecule has 0 saturated heterocycles. The normalized spacial score (nSPS) is 12.0. The molecule has 2 aromatic heterocycles. The molecule has 10 heteroatoms. The lowest BCUT2D eigenvalue weighted by Crippen LogP contribution is -2.06. The largest absolute Gasteiger partial charge is 0.492 e. The Morgan fingerprint density at radius 3 is 2.43 bits per heavy atom. The Kier molecular flexibility index (Phi) is 5.39. The highest BCUT2D eigenvalue weighted by atomic mass is 19.4. The van der Waals surface area contributed by atoms with Crippen LogP contribution in [0.5, 0.6) is 5.75 Å². The molecule has 1 aromatic carbocycles. The second-order valence-corrected chi connectivity index (χ2v) is 6.68. The van der Waals surface area contributed by atoms with Gasteiger partial charge in [0.15, 0.2) is 5.82 Å². The van der Waals surface area contributed by atoms with E-state index in [9.17, 15) is 13.2 Å². The standard InChI is InChI=1S/C18H19F3N4O3/c1-9(2)15-22-13(27-24-15)5-6-26-14-11(4)7-10(3)8-12(14)16-23-17(28-25-16)18(19,20)21/h7-9H,5-6H2,1-4H3. The highest BCUT2D eigenvalue weighted by Gasteiger charge is 2.38. The van der Waals surface area contributed by atoms with Crippen molar-refractivity contribution in [2.24, 2.45) is 0 Å². The Morgan fingerprint density at radius 1 is 1.07 bits per heavy atom. The Hall–Kier alpha value is -2.91. The molecule has 0 aliphatic carbocycles. The van der Waals surface area contributed by atoms with Crippen molar-refractivity contribution in [3.05, 3.63) is 40.9 Å². The summed E-state index contributed by atoms with van der Waals surface area (Å²) >= 11 is 0. The topological polar surface area (TPSA) is 87.1 Å². The molecule has 0 N–H and O–H groups in total. The molecule has 150 valence electrons. The summed E-state index contributed by atoms with van der Waals surface area (Å²) < 4.78 is 53.6. The van der Waals surface area contributed by atoms with Gasteiger partial charge in [0.2, 0.25) is 11.7 Å². The van der Waals surface area contributed by atoms with Gasteiger partial charge in [-0.3, -0.25) is 0 Å². The molecule has 0 fully saturated rings. The van der Waals surface area contributed by atoms with Crippen LogP contribution < -0.4 is 4.74 Å². The monoisotopic (exact) mass is 396 g/mol. The van der Waals surface area contributed by atoms with Gasteiger partial charge in [-0.2, -0.15) is 23.1 Å². The Balaban J connectivity index is 1.81. The molecule has 0 saturated carbocycles. The lowest BCUT2D eigenvalue weighted by atomic mass is 10.0. The highest BCUT2D eigenvalue weighted by molar-refractivity contribution is 5.67. The zero-order valence-electron chi connectivity index (χ0n) is 15.8. The van der Waals surface area contributed by atoms with Crippen LogP contribution in [0.3, 0.4) is 0 Å². The van der Waals surface area contributed by atoms with E-state index in [1.54, 1.807) is 13.0 Å². The van der Waals surface area contributed by atoms with Crippen LogP contribution in [0.4, 0.5) is 13.2 Å². The van der Waals surface area contributed by atoms with Crippen LogP contribution in [0.15, 0.2) is 21.2 Å². The van der Waals surface area contributed by atoms with Crippen LogP contribution in [-0.2, 0) is 12.6 Å². The molecule has 0 amide bonds. The number of rotatable bonds is 6. The predicted octanol–water partition coefficient (Wildman–Crippen LogP) is 4.50. The Labute approximate surface area is 158 Å². The van der Waals surface area contributed by atoms with E-state index in [4.69, 9.17) is 9.26 Å². The van der Waals surface area contributed by atoms with Gasteiger partial charge in [-0.25, -0.2) is 0 Å². The highest BCUT2D eigenvalue weighted by Crippen LogP contribution is 2.35. The van der Waals surface area contributed by atoms with Crippen molar-refractivity contribution in [2.45, 2.75) is 46.2 Å². The summed E-state index contributed by atoms with van der Waals surface area (Å²) in [6, 6.07) is 3.50. The zero-order chi connectivity index (χ0) is 20.5. The molecule has 0 radical (unpaired) electrons. The van der Waals surface area contributed by atoms with Gasteiger partial charge in [0.25, 0.3) is 0 Å². The third kappa shape index (κ3) is 4.32. The van der Waals surface area contributed by atoms with Crippen LogP contribution in [0.1, 0.15) is 48.5 Å². The van der Waals surface area contributed by atoms with E-state index in [1.165, 1.54) is 0 Å². The third-order valence-corrected chi connectivity index (χ3v) is 3.89.